The summed E-state index contributed by atoms with van der Waals surface area (Å²) >= 11 is 3.47. The lowest BCUT2D eigenvalue weighted by Crippen LogP contribution is -2.42. The molecule has 1 aromatic carbocycles. The highest BCUT2D eigenvalue weighted by molar-refractivity contribution is 9.10. The van der Waals surface area contributed by atoms with Crippen LogP contribution in [0.5, 0.6) is 0 Å². The largest absolute Gasteiger partial charge is 0.359 e. The Kier molecular flexibility index (Phi) is 5.71. The number of carbonyl (C=O) groups excluding carboxylic acids is 1. The van der Waals surface area contributed by atoms with Crippen molar-refractivity contribution in [2.24, 2.45) is 11.3 Å². The molecule has 1 saturated carbocycles. The maximum Gasteiger partial charge on any atom is 0.226 e. The predicted octanol–water partition coefficient (Wildman–Crippen LogP) is 4.62. The van der Waals surface area contributed by atoms with Gasteiger partial charge < -0.3 is 10.6 Å². The number of carbonyl (C=O) groups is 1. The van der Waals surface area contributed by atoms with Gasteiger partial charge >= 0.3 is 0 Å². The molecule has 1 aliphatic rings. The fourth-order valence-corrected chi connectivity index (χ4v) is 5.44. The number of anilines is 1. The molecule has 2 N–H and O–H groups in total. The van der Waals surface area contributed by atoms with Crippen LogP contribution in [0, 0.1) is 17.2 Å². The van der Waals surface area contributed by atoms with Crippen LogP contribution in [0.25, 0.3) is 27.6 Å². The summed E-state index contributed by atoms with van der Waals surface area (Å²) in [5.41, 5.74) is 0.992. The average Bonchev–Trinajstić information content (AvgIpc) is 3.40. The summed E-state index contributed by atoms with van der Waals surface area (Å²) in [5, 5.41) is 12.2. The molecule has 0 aliphatic heterocycles. The average molecular weight is 526 g/mol. The molecule has 5 rings (SSSR count). The van der Waals surface area contributed by atoms with E-state index in [-0.39, 0.29) is 17.9 Å². The molecule has 0 unspecified atom stereocenters. The topological polar surface area (TPSA) is 97.6 Å². The van der Waals surface area contributed by atoms with E-state index in [1.807, 2.05) is 12.1 Å². The van der Waals surface area contributed by atoms with Crippen molar-refractivity contribution in [1.82, 2.24) is 30.0 Å². The molecule has 1 aliphatic carbocycles. The highest BCUT2D eigenvalue weighted by Gasteiger charge is 2.47. The fourth-order valence-electron chi connectivity index (χ4n) is 5.00. The van der Waals surface area contributed by atoms with Crippen LogP contribution in [0.4, 0.5) is 10.3 Å². The third kappa shape index (κ3) is 3.70. The van der Waals surface area contributed by atoms with Crippen LogP contribution in [-0.4, -0.2) is 43.7 Å². The number of benzene rings is 1. The standard InChI is InChI=1S/C24H25BrFN7O/c1-13(2)24(22(34)27-3)7-6-15(11-24)30-23-29-12-17-20(25)32-33(21(17)31-23)16-9-14-5-4-8-28-19(14)18(26)10-16/h4-5,8-10,12-13,15H,6-7,11H2,1-3H3,(H,27,34)(H,29,30,31)/t15-,24-/m1/s1. The summed E-state index contributed by atoms with van der Waals surface area (Å²) in [4.78, 5) is 26.0. The number of nitrogens with one attached hydrogen (secondary N) is 2. The molecular formula is C24H25BrFN7O. The number of rotatable bonds is 5. The summed E-state index contributed by atoms with van der Waals surface area (Å²) in [5.74, 6) is 0.325. The van der Waals surface area contributed by atoms with Gasteiger partial charge in [0.05, 0.1) is 16.5 Å². The smallest absolute Gasteiger partial charge is 0.226 e. The van der Waals surface area contributed by atoms with Crippen molar-refractivity contribution in [2.75, 3.05) is 12.4 Å². The van der Waals surface area contributed by atoms with E-state index in [0.717, 1.165) is 12.8 Å². The fraction of sp³-hybridized carbons (Fsp3) is 0.375. The van der Waals surface area contributed by atoms with Gasteiger partial charge in [0.2, 0.25) is 11.9 Å². The Morgan fingerprint density at radius 3 is 2.91 bits per heavy atom. The van der Waals surface area contributed by atoms with Gasteiger partial charge in [0.15, 0.2) is 11.5 Å². The van der Waals surface area contributed by atoms with E-state index in [1.54, 1.807) is 30.2 Å². The van der Waals surface area contributed by atoms with Gasteiger partial charge in [-0.25, -0.2) is 14.1 Å². The molecule has 0 bridgehead atoms. The zero-order chi connectivity index (χ0) is 24.0. The minimum absolute atomic E-state index is 0.0705. The zero-order valence-electron chi connectivity index (χ0n) is 19.1. The van der Waals surface area contributed by atoms with E-state index in [0.29, 0.717) is 44.6 Å². The summed E-state index contributed by atoms with van der Waals surface area (Å²) in [6.07, 6.45) is 5.62. The second kappa shape index (κ2) is 8.57. The maximum atomic E-state index is 14.7. The molecule has 10 heteroatoms. The molecule has 176 valence electrons. The number of nitrogens with zero attached hydrogens (tertiary/aromatic N) is 5. The summed E-state index contributed by atoms with van der Waals surface area (Å²) in [7, 11) is 1.69. The van der Waals surface area contributed by atoms with Gasteiger partial charge in [-0.1, -0.05) is 19.9 Å². The van der Waals surface area contributed by atoms with Crippen LogP contribution in [0.15, 0.2) is 41.3 Å². The van der Waals surface area contributed by atoms with Crippen LogP contribution in [0.2, 0.25) is 0 Å². The first kappa shape index (κ1) is 22.6. The predicted molar refractivity (Wildman–Crippen MR) is 132 cm³/mol. The van der Waals surface area contributed by atoms with Gasteiger partial charge in [-0.15, -0.1) is 0 Å². The molecule has 1 amide bonds. The van der Waals surface area contributed by atoms with E-state index in [2.05, 4.69) is 55.5 Å². The molecule has 4 aromatic rings. The minimum Gasteiger partial charge on any atom is -0.359 e. The van der Waals surface area contributed by atoms with Crippen LogP contribution in [0.3, 0.4) is 0 Å². The lowest BCUT2D eigenvalue weighted by molar-refractivity contribution is -0.132. The molecule has 0 saturated heterocycles. The second-order valence-electron chi connectivity index (χ2n) is 9.11. The molecule has 34 heavy (non-hydrogen) atoms. The van der Waals surface area contributed by atoms with Crippen LogP contribution < -0.4 is 10.6 Å². The molecule has 0 spiro atoms. The van der Waals surface area contributed by atoms with Gasteiger partial charge in [0.1, 0.15) is 10.1 Å². The molecule has 2 atom stereocenters. The zero-order valence-corrected chi connectivity index (χ0v) is 20.7. The number of aromatic nitrogens is 5. The molecule has 8 nitrogen and oxygen atoms in total. The molecule has 3 aromatic heterocycles. The summed E-state index contributed by atoms with van der Waals surface area (Å²) in [6.45, 7) is 4.18. The number of amides is 1. The van der Waals surface area contributed by atoms with Crippen LogP contribution in [-0.2, 0) is 4.79 Å². The third-order valence-electron chi connectivity index (χ3n) is 6.93. The Balaban J connectivity index is 1.49. The lowest BCUT2D eigenvalue weighted by atomic mass is 9.74. The van der Waals surface area contributed by atoms with Crippen molar-refractivity contribution in [2.45, 2.75) is 39.2 Å². The normalized spacial score (nSPS) is 20.4. The number of fused-ring (bicyclic) bond motifs is 2. The van der Waals surface area contributed by atoms with Crippen LogP contribution >= 0.6 is 15.9 Å². The van der Waals surface area contributed by atoms with E-state index < -0.39 is 11.2 Å². The first-order valence-corrected chi connectivity index (χ1v) is 12.1. The Morgan fingerprint density at radius 1 is 1.32 bits per heavy atom. The Hall–Kier alpha value is -3.14. The van der Waals surface area contributed by atoms with Gasteiger partial charge in [0, 0.05) is 36.9 Å². The van der Waals surface area contributed by atoms with E-state index in [1.165, 1.54) is 6.07 Å². The SMILES string of the molecule is CNC(=O)[C@]1(C(C)C)CC[C@@H](Nc2ncc3c(Br)nn(-c4cc(F)c5ncccc5c4)c3n2)C1. The first-order valence-electron chi connectivity index (χ1n) is 11.3. The highest BCUT2D eigenvalue weighted by atomic mass is 79.9. The Labute approximate surface area is 204 Å². The van der Waals surface area contributed by atoms with Crippen molar-refractivity contribution >= 4 is 49.7 Å². The summed E-state index contributed by atoms with van der Waals surface area (Å²) < 4.78 is 16.9. The molecule has 1 fully saturated rings. The molecule has 0 radical (unpaired) electrons. The molecular weight excluding hydrogens is 501 g/mol. The van der Waals surface area contributed by atoms with Gasteiger partial charge in [-0.3, -0.25) is 9.78 Å². The minimum atomic E-state index is -0.426. The van der Waals surface area contributed by atoms with E-state index >= 15 is 0 Å². The number of hydrogen-bond donors (Lipinski definition) is 2. The Bertz CT molecular complexity index is 1410. The van der Waals surface area contributed by atoms with Crippen molar-refractivity contribution < 1.29 is 9.18 Å². The second-order valence-corrected chi connectivity index (χ2v) is 9.86. The third-order valence-corrected chi connectivity index (χ3v) is 7.52. The van der Waals surface area contributed by atoms with Crippen LogP contribution in [0.1, 0.15) is 33.1 Å². The van der Waals surface area contributed by atoms with Gasteiger partial charge in [-0.05, 0) is 53.2 Å². The number of hydrogen-bond acceptors (Lipinski definition) is 6. The van der Waals surface area contributed by atoms with Gasteiger partial charge in [0.25, 0.3) is 0 Å². The van der Waals surface area contributed by atoms with Crippen molar-refractivity contribution in [3.8, 4) is 5.69 Å². The van der Waals surface area contributed by atoms with E-state index in [4.69, 9.17) is 4.98 Å². The number of pyridine rings is 1. The molecule has 3 heterocycles. The lowest BCUT2D eigenvalue weighted by Gasteiger charge is -2.31. The monoisotopic (exact) mass is 525 g/mol. The highest BCUT2D eigenvalue weighted by Crippen LogP contribution is 2.45. The van der Waals surface area contributed by atoms with Crippen molar-refractivity contribution in [3.05, 3.63) is 47.1 Å². The first-order chi connectivity index (χ1) is 16.3. The van der Waals surface area contributed by atoms with Crippen molar-refractivity contribution in [1.29, 1.82) is 0 Å². The van der Waals surface area contributed by atoms with Gasteiger partial charge in [-0.2, -0.15) is 10.1 Å². The maximum absolute atomic E-state index is 14.7. The summed E-state index contributed by atoms with van der Waals surface area (Å²) in [6, 6.07) is 6.88. The quantitative estimate of drug-likeness (QED) is 0.394. The van der Waals surface area contributed by atoms with E-state index in [9.17, 15) is 9.18 Å². The van der Waals surface area contributed by atoms with Crippen molar-refractivity contribution in [3.63, 3.8) is 0 Å². The Morgan fingerprint density at radius 2 is 2.15 bits per heavy atom. The number of halogens is 2.